The number of methoxy groups -OCH3 is 1. The van der Waals surface area contributed by atoms with Gasteiger partial charge in [0.25, 0.3) is 0 Å². The first-order valence-corrected chi connectivity index (χ1v) is 11.1. The highest BCUT2D eigenvalue weighted by molar-refractivity contribution is 7.99. The van der Waals surface area contributed by atoms with E-state index in [1.807, 2.05) is 18.7 Å². The molecule has 0 rings (SSSR count). The van der Waals surface area contributed by atoms with Gasteiger partial charge in [0.15, 0.2) is 0 Å². The van der Waals surface area contributed by atoms with Gasteiger partial charge in [-0.3, -0.25) is 10.2 Å². The molecular formula is C19H39N3O4S. The number of amidine groups is 1. The van der Waals surface area contributed by atoms with Gasteiger partial charge in [-0.15, -0.1) is 0 Å². The number of hydrogen-bond donors (Lipinski definition) is 3. The van der Waals surface area contributed by atoms with Crippen molar-refractivity contribution in [3.63, 3.8) is 0 Å². The molecule has 27 heavy (non-hydrogen) atoms. The summed E-state index contributed by atoms with van der Waals surface area (Å²) in [6, 6.07) is 0. The first-order chi connectivity index (χ1) is 13.1. The molecule has 0 aromatic heterocycles. The van der Waals surface area contributed by atoms with E-state index in [-0.39, 0.29) is 17.7 Å². The zero-order chi connectivity index (χ0) is 20.2. The maximum atomic E-state index is 12.1. The number of nitrogens with two attached hydrogens (primary N) is 1. The smallest absolute Gasteiger partial charge is 0.225 e. The van der Waals surface area contributed by atoms with E-state index in [0.717, 1.165) is 37.2 Å². The molecule has 1 amide bonds. The predicted molar refractivity (Wildman–Crippen MR) is 113 cm³/mol. The maximum absolute atomic E-state index is 12.1. The molecule has 0 bridgehead atoms. The summed E-state index contributed by atoms with van der Waals surface area (Å²) < 4.78 is 15.9. The second-order valence-corrected chi connectivity index (χ2v) is 7.60. The highest BCUT2D eigenvalue weighted by atomic mass is 32.2. The normalized spacial score (nSPS) is 12.1. The molecule has 0 aliphatic heterocycles. The molecule has 0 aliphatic rings. The Morgan fingerprint density at radius 3 is 2.56 bits per heavy atom. The molecule has 0 aromatic rings. The number of carbonyl (C=O) groups is 1. The molecule has 0 heterocycles. The van der Waals surface area contributed by atoms with Crippen LogP contribution >= 0.6 is 11.8 Å². The van der Waals surface area contributed by atoms with Crippen molar-refractivity contribution in [2.75, 3.05) is 58.2 Å². The molecule has 0 unspecified atom stereocenters. The van der Waals surface area contributed by atoms with Gasteiger partial charge in [-0.05, 0) is 37.2 Å². The van der Waals surface area contributed by atoms with Gasteiger partial charge in [-0.2, -0.15) is 11.8 Å². The molecule has 0 radical (unpaired) electrons. The molecule has 0 aliphatic carbocycles. The van der Waals surface area contributed by atoms with Crippen LogP contribution in [0.1, 0.15) is 45.4 Å². The second kappa shape index (κ2) is 19.9. The molecular weight excluding hydrogens is 366 g/mol. The maximum Gasteiger partial charge on any atom is 0.225 e. The molecule has 8 heteroatoms. The number of hydrogen-bond acceptors (Lipinski definition) is 6. The minimum absolute atomic E-state index is 0.0369. The Labute approximate surface area is 169 Å². The van der Waals surface area contributed by atoms with Gasteiger partial charge in [-0.25, -0.2) is 0 Å². The van der Waals surface area contributed by atoms with Crippen molar-refractivity contribution in [1.29, 1.82) is 5.41 Å². The third-order valence-electron chi connectivity index (χ3n) is 3.97. The lowest BCUT2D eigenvalue weighted by Gasteiger charge is -2.15. The monoisotopic (exact) mass is 405 g/mol. The van der Waals surface area contributed by atoms with Gasteiger partial charge >= 0.3 is 0 Å². The molecule has 4 N–H and O–H groups in total. The van der Waals surface area contributed by atoms with Gasteiger partial charge in [-0.1, -0.05) is 13.3 Å². The van der Waals surface area contributed by atoms with E-state index in [9.17, 15) is 4.79 Å². The van der Waals surface area contributed by atoms with E-state index in [1.54, 1.807) is 7.11 Å². The summed E-state index contributed by atoms with van der Waals surface area (Å²) in [7, 11) is 1.63. The molecule has 7 nitrogen and oxygen atoms in total. The third-order valence-corrected chi connectivity index (χ3v) is 5.13. The van der Waals surface area contributed by atoms with E-state index in [4.69, 9.17) is 25.4 Å². The van der Waals surface area contributed by atoms with Crippen LogP contribution < -0.4 is 11.1 Å². The van der Waals surface area contributed by atoms with Crippen LogP contribution in [-0.4, -0.2) is 69.9 Å². The fourth-order valence-electron chi connectivity index (χ4n) is 2.29. The minimum atomic E-state index is -0.0965. The van der Waals surface area contributed by atoms with Crippen LogP contribution in [-0.2, 0) is 19.0 Å². The largest absolute Gasteiger partial charge is 0.388 e. The Morgan fingerprint density at radius 2 is 1.85 bits per heavy atom. The Morgan fingerprint density at radius 1 is 1.07 bits per heavy atom. The molecule has 0 aromatic carbocycles. The Hall–Kier alpha value is -0.830. The van der Waals surface area contributed by atoms with Crippen LogP contribution in [0.5, 0.6) is 0 Å². The van der Waals surface area contributed by atoms with Crippen molar-refractivity contribution in [1.82, 2.24) is 5.32 Å². The fraction of sp³-hybridized carbons (Fsp3) is 0.895. The van der Waals surface area contributed by atoms with Crippen LogP contribution in [0.15, 0.2) is 0 Å². The summed E-state index contributed by atoms with van der Waals surface area (Å²) in [4.78, 5) is 12.1. The average Bonchev–Trinajstić information content (AvgIpc) is 2.65. The number of carbonyl (C=O) groups excluding carboxylic acids is 1. The van der Waals surface area contributed by atoms with E-state index in [1.165, 1.54) is 6.42 Å². The zero-order valence-corrected chi connectivity index (χ0v) is 17.9. The van der Waals surface area contributed by atoms with Gasteiger partial charge in [0.1, 0.15) is 0 Å². The second-order valence-electron chi connectivity index (χ2n) is 6.38. The minimum Gasteiger partial charge on any atom is -0.388 e. The van der Waals surface area contributed by atoms with Crippen LogP contribution in [0.25, 0.3) is 0 Å². The Balaban J connectivity index is 3.48. The van der Waals surface area contributed by atoms with Gasteiger partial charge in [0.05, 0.1) is 38.2 Å². The number of ether oxygens (including phenoxy) is 3. The van der Waals surface area contributed by atoms with E-state index in [2.05, 4.69) is 5.32 Å². The summed E-state index contributed by atoms with van der Waals surface area (Å²) in [6.07, 6.45) is 5.81. The number of unbranched alkanes of at least 4 members (excludes halogenated alkanes) is 2. The van der Waals surface area contributed by atoms with Gasteiger partial charge in [0.2, 0.25) is 5.91 Å². The molecule has 0 saturated heterocycles. The SMILES string of the molecule is CC[C@@H](COCCCCCSCCCC(=N)N)C(=O)NCCOCCOC. The van der Waals surface area contributed by atoms with Crippen molar-refractivity contribution >= 4 is 23.5 Å². The van der Waals surface area contributed by atoms with Crippen LogP contribution in [0.3, 0.4) is 0 Å². The lowest BCUT2D eigenvalue weighted by atomic mass is 10.1. The van der Waals surface area contributed by atoms with Gasteiger partial charge < -0.3 is 25.3 Å². The summed E-state index contributed by atoms with van der Waals surface area (Å²) in [5.41, 5.74) is 5.32. The van der Waals surface area contributed by atoms with Crippen LogP contribution in [0.2, 0.25) is 0 Å². The quantitative estimate of drug-likeness (QED) is 0.163. The van der Waals surface area contributed by atoms with Crippen LogP contribution in [0, 0.1) is 11.3 Å². The number of nitrogens with one attached hydrogen (secondary N) is 2. The lowest BCUT2D eigenvalue weighted by molar-refractivity contribution is -0.127. The summed E-state index contributed by atoms with van der Waals surface area (Å²) >= 11 is 1.92. The molecule has 0 saturated carbocycles. The van der Waals surface area contributed by atoms with Crippen molar-refractivity contribution in [3.05, 3.63) is 0 Å². The van der Waals surface area contributed by atoms with Crippen LogP contribution in [0.4, 0.5) is 0 Å². The first kappa shape index (κ1) is 26.2. The summed E-state index contributed by atoms with van der Waals surface area (Å²) in [5.74, 6) is 2.43. The highest BCUT2D eigenvalue weighted by Crippen LogP contribution is 2.09. The lowest BCUT2D eigenvalue weighted by Crippen LogP contribution is -2.35. The standard InChI is InChI=1S/C19H39N3O4S/c1-3-17(19(23)22-9-11-25-13-12-24-2)16-26-10-5-4-6-14-27-15-7-8-18(20)21/h17H,3-16H2,1-2H3,(H3,20,21)(H,22,23)/t17-/m0/s1. The topological polar surface area (TPSA) is 107 Å². The van der Waals surface area contributed by atoms with E-state index in [0.29, 0.717) is 46.0 Å². The van der Waals surface area contributed by atoms with Crippen molar-refractivity contribution in [3.8, 4) is 0 Å². The van der Waals surface area contributed by atoms with E-state index < -0.39 is 0 Å². The number of amides is 1. The fourth-order valence-corrected chi connectivity index (χ4v) is 3.25. The molecule has 0 spiro atoms. The predicted octanol–water partition coefficient (Wildman–Crippen LogP) is 2.43. The van der Waals surface area contributed by atoms with Crippen molar-refractivity contribution in [2.24, 2.45) is 11.7 Å². The molecule has 1 atom stereocenters. The number of rotatable bonds is 20. The number of thioether (sulfide) groups is 1. The highest BCUT2D eigenvalue weighted by Gasteiger charge is 2.15. The van der Waals surface area contributed by atoms with Crippen molar-refractivity contribution in [2.45, 2.75) is 45.4 Å². The van der Waals surface area contributed by atoms with Crippen molar-refractivity contribution < 1.29 is 19.0 Å². The molecule has 160 valence electrons. The summed E-state index contributed by atoms with van der Waals surface area (Å²) in [5, 5.41) is 10.1. The van der Waals surface area contributed by atoms with Gasteiger partial charge in [0, 0.05) is 26.7 Å². The first-order valence-electron chi connectivity index (χ1n) is 9.94. The Kier molecular flexibility index (Phi) is 19.3. The third kappa shape index (κ3) is 18.3. The molecule has 0 fully saturated rings. The van der Waals surface area contributed by atoms with E-state index >= 15 is 0 Å². The Bertz CT molecular complexity index is 373. The average molecular weight is 406 g/mol. The zero-order valence-electron chi connectivity index (χ0n) is 17.1. The summed E-state index contributed by atoms with van der Waals surface area (Å²) in [6.45, 7) is 5.32.